The number of hydrogen-bond donors (Lipinski definition) is 1. The molecule has 1 aliphatic heterocycles. The van der Waals surface area contributed by atoms with E-state index in [2.05, 4.69) is 55.6 Å². The summed E-state index contributed by atoms with van der Waals surface area (Å²) >= 11 is 3.92. The van der Waals surface area contributed by atoms with E-state index in [1.54, 1.807) is 0 Å². The van der Waals surface area contributed by atoms with Gasteiger partial charge in [-0.3, -0.25) is 0 Å². The maximum absolute atomic E-state index is 3.72. The summed E-state index contributed by atoms with van der Waals surface area (Å²) in [5.41, 5.74) is 1.53. The van der Waals surface area contributed by atoms with Crippen molar-refractivity contribution in [2.75, 3.05) is 12.3 Å². The van der Waals surface area contributed by atoms with Gasteiger partial charge >= 0.3 is 0 Å². The van der Waals surface area contributed by atoms with Gasteiger partial charge in [-0.15, -0.1) is 23.1 Å². The van der Waals surface area contributed by atoms with Gasteiger partial charge in [0.2, 0.25) is 0 Å². The molecule has 0 aliphatic carbocycles. The molecular weight excluding hydrogens is 282 g/mol. The maximum Gasteiger partial charge on any atom is 0.0108 e. The second kappa shape index (κ2) is 6.33. The molecule has 1 nitrogen and oxygen atoms in total. The van der Waals surface area contributed by atoms with E-state index >= 15 is 0 Å². The van der Waals surface area contributed by atoms with Gasteiger partial charge < -0.3 is 5.32 Å². The topological polar surface area (TPSA) is 12.0 Å². The maximum atomic E-state index is 3.72. The first-order valence-corrected chi connectivity index (χ1v) is 9.03. The highest BCUT2D eigenvalue weighted by Gasteiger charge is 2.22. The lowest BCUT2D eigenvalue weighted by atomic mass is 10.0. The van der Waals surface area contributed by atoms with Crippen LogP contribution in [0.15, 0.2) is 41.3 Å². The minimum Gasteiger partial charge on any atom is -0.313 e. The van der Waals surface area contributed by atoms with Crippen LogP contribution in [0.4, 0.5) is 0 Å². The Balaban J connectivity index is 1.53. The smallest absolute Gasteiger partial charge is 0.0108 e. The van der Waals surface area contributed by atoms with Crippen LogP contribution in [-0.4, -0.2) is 18.3 Å². The molecule has 1 aliphatic rings. The third-order valence-electron chi connectivity index (χ3n) is 3.81. The monoisotopic (exact) mass is 303 g/mol. The fourth-order valence-electron chi connectivity index (χ4n) is 2.71. The third-order valence-corrected chi connectivity index (χ3v) is 6.09. The van der Waals surface area contributed by atoms with Crippen molar-refractivity contribution in [2.24, 2.45) is 0 Å². The lowest BCUT2D eigenvalue weighted by molar-refractivity contribution is 0.522. The summed E-state index contributed by atoms with van der Waals surface area (Å²) in [4.78, 5) is 4.37. The Morgan fingerprint density at radius 3 is 2.90 bits per heavy atom. The highest BCUT2D eigenvalue weighted by atomic mass is 32.2. The molecule has 0 spiro atoms. The molecule has 0 bridgehead atoms. The number of hydrogen-bond acceptors (Lipinski definition) is 3. The molecule has 1 aromatic carbocycles. The molecule has 0 fully saturated rings. The van der Waals surface area contributed by atoms with E-state index < -0.39 is 0 Å². The molecule has 1 N–H and O–H groups in total. The standard InChI is InChI=1S/C17H21NS2/c1-12(9-15-8-7-13(2)20-15)18-10-14-11-19-17-6-4-3-5-16(14)17/h3-8,12,14,18H,9-11H2,1-2H3. The molecule has 2 aromatic rings. The summed E-state index contributed by atoms with van der Waals surface area (Å²) in [7, 11) is 0. The number of aryl methyl sites for hydroxylation is 1. The van der Waals surface area contributed by atoms with Crippen LogP contribution in [0.5, 0.6) is 0 Å². The van der Waals surface area contributed by atoms with Crippen LogP contribution < -0.4 is 5.32 Å². The average molecular weight is 303 g/mol. The first-order valence-electron chi connectivity index (χ1n) is 7.23. The summed E-state index contributed by atoms with van der Waals surface area (Å²) in [6.45, 7) is 5.57. The largest absolute Gasteiger partial charge is 0.313 e. The Morgan fingerprint density at radius 2 is 2.10 bits per heavy atom. The Bertz CT molecular complexity index is 576. The summed E-state index contributed by atoms with van der Waals surface area (Å²) in [5.74, 6) is 1.89. The Kier molecular flexibility index (Phi) is 4.49. The van der Waals surface area contributed by atoms with Crippen molar-refractivity contribution in [2.45, 2.75) is 37.1 Å². The van der Waals surface area contributed by atoms with Crippen molar-refractivity contribution < 1.29 is 0 Å². The van der Waals surface area contributed by atoms with Gasteiger partial charge in [-0.2, -0.15) is 0 Å². The van der Waals surface area contributed by atoms with Gasteiger partial charge in [-0.05, 0) is 44.0 Å². The molecule has 2 atom stereocenters. The Labute approximate surface area is 129 Å². The predicted molar refractivity (Wildman–Crippen MR) is 90.1 cm³/mol. The zero-order valence-corrected chi connectivity index (χ0v) is 13.7. The predicted octanol–water partition coefficient (Wildman–Crippen LogP) is 4.47. The van der Waals surface area contributed by atoms with E-state index in [4.69, 9.17) is 0 Å². The van der Waals surface area contributed by atoms with E-state index in [0.29, 0.717) is 12.0 Å². The molecule has 0 saturated carbocycles. The number of fused-ring (bicyclic) bond motifs is 1. The summed E-state index contributed by atoms with van der Waals surface area (Å²) in [6.07, 6.45) is 1.14. The minimum absolute atomic E-state index is 0.547. The van der Waals surface area contributed by atoms with Crippen molar-refractivity contribution in [1.82, 2.24) is 5.32 Å². The van der Waals surface area contributed by atoms with Crippen molar-refractivity contribution in [1.29, 1.82) is 0 Å². The van der Waals surface area contributed by atoms with Gasteiger partial charge in [0.25, 0.3) is 0 Å². The zero-order valence-electron chi connectivity index (χ0n) is 12.1. The van der Waals surface area contributed by atoms with Gasteiger partial charge in [0.1, 0.15) is 0 Å². The van der Waals surface area contributed by atoms with Gasteiger partial charge in [0, 0.05) is 38.9 Å². The van der Waals surface area contributed by atoms with Crippen molar-refractivity contribution in [3.8, 4) is 0 Å². The second-order valence-electron chi connectivity index (χ2n) is 5.57. The molecule has 1 aromatic heterocycles. The van der Waals surface area contributed by atoms with Crippen LogP contribution in [0.1, 0.15) is 28.2 Å². The van der Waals surface area contributed by atoms with E-state index in [9.17, 15) is 0 Å². The molecule has 3 rings (SSSR count). The fraction of sp³-hybridized carbons (Fsp3) is 0.412. The van der Waals surface area contributed by atoms with Gasteiger partial charge in [0.05, 0.1) is 0 Å². The Hall–Kier alpha value is -0.770. The van der Waals surface area contributed by atoms with E-state index in [-0.39, 0.29) is 0 Å². The number of thiophene rings is 1. The van der Waals surface area contributed by atoms with Crippen LogP contribution in [0.3, 0.4) is 0 Å². The van der Waals surface area contributed by atoms with Crippen LogP contribution in [0.25, 0.3) is 0 Å². The fourth-order valence-corrected chi connectivity index (χ4v) is 4.98. The molecule has 2 heterocycles. The SMILES string of the molecule is Cc1ccc(CC(C)NCC2CSc3ccccc32)s1. The van der Waals surface area contributed by atoms with Crippen LogP contribution in [0.2, 0.25) is 0 Å². The molecule has 0 radical (unpaired) electrons. The summed E-state index contributed by atoms with van der Waals surface area (Å²) < 4.78 is 0. The van der Waals surface area contributed by atoms with E-state index in [1.807, 2.05) is 23.1 Å². The van der Waals surface area contributed by atoms with Crippen LogP contribution in [-0.2, 0) is 6.42 Å². The summed E-state index contributed by atoms with van der Waals surface area (Å²) in [6, 6.07) is 13.9. The first-order chi connectivity index (χ1) is 9.72. The zero-order chi connectivity index (χ0) is 13.9. The number of nitrogens with one attached hydrogen (secondary N) is 1. The molecule has 0 amide bonds. The lowest BCUT2D eigenvalue weighted by Gasteiger charge is -2.17. The van der Waals surface area contributed by atoms with E-state index in [0.717, 1.165) is 13.0 Å². The third kappa shape index (κ3) is 3.27. The van der Waals surface area contributed by atoms with Crippen molar-refractivity contribution in [3.05, 3.63) is 51.7 Å². The van der Waals surface area contributed by atoms with Gasteiger partial charge in [-0.25, -0.2) is 0 Å². The summed E-state index contributed by atoms with van der Waals surface area (Å²) in [5, 5.41) is 3.72. The molecular formula is C17H21NS2. The molecule has 106 valence electrons. The normalized spacial score (nSPS) is 19.0. The number of benzene rings is 1. The molecule has 20 heavy (non-hydrogen) atoms. The second-order valence-corrected chi connectivity index (χ2v) is 8.01. The molecule has 0 saturated heterocycles. The van der Waals surface area contributed by atoms with Crippen molar-refractivity contribution in [3.63, 3.8) is 0 Å². The highest BCUT2D eigenvalue weighted by molar-refractivity contribution is 7.99. The molecule has 2 unspecified atom stereocenters. The lowest BCUT2D eigenvalue weighted by Crippen LogP contribution is -2.31. The first kappa shape index (κ1) is 14.2. The van der Waals surface area contributed by atoms with Gasteiger partial charge in [0.15, 0.2) is 0 Å². The number of rotatable bonds is 5. The van der Waals surface area contributed by atoms with Gasteiger partial charge in [-0.1, -0.05) is 18.2 Å². The quantitative estimate of drug-likeness (QED) is 0.875. The van der Waals surface area contributed by atoms with E-state index in [1.165, 1.54) is 26.0 Å². The van der Waals surface area contributed by atoms with Crippen LogP contribution >= 0.6 is 23.1 Å². The van der Waals surface area contributed by atoms with Crippen LogP contribution in [0, 0.1) is 6.92 Å². The minimum atomic E-state index is 0.547. The number of thioether (sulfide) groups is 1. The van der Waals surface area contributed by atoms with Crippen molar-refractivity contribution >= 4 is 23.1 Å². The average Bonchev–Trinajstić information content (AvgIpc) is 3.03. The highest BCUT2D eigenvalue weighted by Crippen LogP contribution is 2.38. The molecule has 3 heteroatoms. The Morgan fingerprint density at radius 1 is 1.25 bits per heavy atom.